The van der Waals surface area contributed by atoms with Crippen LogP contribution in [0.5, 0.6) is 0 Å². The molecular weight excluding hydrogens is 236 g/mol. The second-order valence-corrected chi connectivity index (χ2v) is 5.36. The van der Waals surface area contributed by atoms with E-state index >= 15 is 0 Å². The van der Waals surface area contributed by atoms with E-state index < -0.39 is 0 Å². The summed E-state index contributed by atoms with van der Waals surface area (Å²) in [6, 6.07) is 7.47. The van der Waals surface area contributed by atoms with Gasteiger partial charge in [-0.1, -0.05) is 6.92 Å². The fourth-order valence-electron chi connectivity index (χ4n) is 2.41. The Morgan fingerprint density at radius 1 is 1.42 bits per heavy atom. The lowest BCUT2D eigenvalue weighted by molar-refractivity contribution is 0.199. The number of likely N-dealkylation sites (tertiary alicyclic amines) is 1. The minimum Gasteiger partial charge on any atom is -0.397 e. The van der Waals surface area contributed by atoms with Crippen LogP contribution in [-0.4, -0.2) is 31.1 Å². The molecule has 4 nitrogen and oxygen atoms in total. The zero-order chi connectivity index (χ0) is 13.7. The molecular formula is C15H22N4. The number of nitriles is 1. The number of hydrogen-bond acceptors (Lipinski definition) is 4. The van der Waals surface area contributed by atoms with Gasteiger partial charge in [-0.3, -0.25) is 0 Å². The average Bonchev–Trinajstić information content (AvgIpc) is 2.43. The molecule has 0 saturated carbocycles. The van der Waals surface area contributed by atoms with Gasteiger partial charge in [-0.15, -0.1) is 0 Å². The Bertz CT molecular complexity index is 456. The molecule has 1 aliphatic rings. The van der Waals surface area contributed by atoms with Crippen LogP contribution in [0.2, 0.25) is 0 Å². The fourth-order valence-corrected chi connectivity index (χ4v) is 2.41. The summed E-state index contributed by atoms with van der Waals surface area (Å²) in [5, 5.41) is 12.2. The Balaban J connectivity index is 1.81. The highest BCUT2D eigenvalue weighted by Gasteiger charge is 2.14. The lowest BCUT2D eigenvalue weighted by Crippen LogP contribution is -2.36. The average molecular weight is 258 g/mol. The second kappa shape index (κ2) is 6.44. The molecule has 4 heteroatoms. The van der Waals surface area contributed by atoms with E-state index in [1.807, 2.05) is 6.07 Å². The molecule has 0 spiro atoms. The van der Waals surface area contributed by atoms with Crippen molar-refractivity contribution in [1.29, 1.82) is 5.26 Å². The molecule has 1 aromatic rings. The van der Waals surface area contributed by atoms with Gasteiger partial charge in [-0.25, -0.2) is 0 Å². The summed E-state index contributed by atoms with van der Waals surface area (Å²) in [7, 11) is 0. The number of hydrogen-bond donors (Lipinski definition) is 2. The molecule has 3 N–H and O–H groups in total. The first kappa shape index (κ1) is 13.7. The number of benzene rings is 1. The molecule has 0 aromatic heterocycles. The molecule has 1 aliphatic heterocycles. The van der Waals surface area contributed by atoms with E-state index in [9.17, 15) is 0 Å². The van der Waals surface area contributed by atoms with Crippen LogP contribution in [0.4, 0.5) is 11.4 Å². The van der Waals surface area contributed by atoms with E-state index in [-0.39, 0.29) is 0 Å². The number of nitrogen functional groups attached to an aromatic ring is 1. The molecule has 0 bridgehead atoms. The van der Waals surface area contributed by atoms with Crippen molar-refractivity contribution >= 4 is 11.4 Å². The van der Waals surface area contributed by atoms with Gasteiger partial charge >= 0.3 is 0 Å². The van der Waals surface area contributed by atoms with Crippen molar-refractivity contribution < 1.29 is 0 Å². The molecule has 1 aromatic carbocycles. The number of nitrogens with two attached hydrogens (primary N) is 1. The SMILES string of the molecule is CC1CCN(CCNc2cc(C#N)ccc2N)CC1. The lowest BCUT2D eigenvalue weighted by Gasteiger charge is -2.30. The lowest BCUT2D eigenvalue weighted by atomic mass is 9.99. The van der Waals surface area contributed by atoms with Crippen molar-refractivity contribution in [2.24, 2.45) is 5.92 Å². The van der Waals surface area contributed by atoms with E-state index in [2.05, 4.69) is 23.2 Å². The smallest absolute Gasteiger partial charge is 0.0992 e. The Hall–Kier alpha value is -1.73. The van der Waals surface area contributed by atoms with Gasteiger partial charge in [0.1, 0.15) is 0 Å². The number of rotatable bonds is 4. The Kier molecular flexibility index (Phi) is 4.64. The quantitative estimate of drug-likeness (QED) is 0.813. The van der Waals surface area contributed by atoms with Gasteiger partial charge in [0.2, 0.25) is 0 Å². The van der Waals surface area contributed by atoms with Crippen LogP contribution < -0.4 is 11.1 Å². The van der Waals surface area contributed by atoms with Gasteiger partial charge in [-0.05, 0) is 50.0 Å². The van der Waals surface area contributed by atoms with Gasteiger partial charge in [0.15, 0.2) is 0 Å². The van der Waals surface area contributed by atoms with E-state index in [1.165, 1.54) is 25.9 Å². The Morgan fingerprint density at radius 2 is 2.16 bits per heavy atom. The van der Waals surface area contributed by atoms with E-state index in [1.54, 1.807) is 12.1 Å². The molecule has 2 rings (SSSR count). The van der Waals surface area contributed by atoms with Gasteiger partial charge in [0, 0.05) is 13.1 Å². The Morgan fingerprint density at radius 3 is 2.84 bits per heavy atom. The summed E-state index contributed by atoms with van der Waals surface area (Å²) in [6.45, 7) is 6.60. The highest BCUT2D eigenvalue weighted by molar-refractivity contribution is 5.68. The minimum atomic E-state index is 0.642. The van der Waals surface area contributed by atoms with Crippen LogP contribution in [0.1, 0.15) is 25.3 Å². The van der Waals surface area contributed by atoms with Crippen molar-refractivity contribution in [3.8, 4) is 6.07 Å². The summed E-state index contributed by atoms with van der Waals surface area (Å²) >= 11 is 0. The van der Waals surface area contributed by atoms with Gasteiger partial charge in [-0.2, -0.15) is 5.26 Å². The molecule has 0 aliphatic carbocycles. The van der Waals surface area contributed by atoms with Crippen LogP contribution in [0.25, 0.3) is 0 Å². The topological polar surface area (TPSA) is 65.1 Å². The maximum atomic E-state index is 8.88. The van der Waals surface area contributed by atoms with Crippen LogP contribution in [0, 0.1) is 17.2 Å². The second-order valence-electron chi connectivity index (χ2n) is 5.36. The highest BCUT2D eigenvalue weighted by atomic mass is 15.1. The summed E-state index contributed by atoms with van der Waals surface area (Å²) in [6.07, 6.45) is 2.60. The molecule has 0 atom stereocenters. The van der Waals surface area contributed by atoms with E-state index in [0.29, 0.717) is 11.3 Å². The molecule has 1 heterocycles. The van der Waals surface area contributed by atoms with Crippen LogP contribution in [0.3, 0.4) is 0 Å². The molecule has 1 saturated heterocycles. The zero-order valence-electron chi connectivity index (χ0n) is 11.5. The molecule has 0 amide bonds. The molecule has 0 radical (unpaired) electrons. The Labute approximate surface area is 115 Å². The highest BCUT2D eigenvalue weighted by Crippen LogP contribution is 2.20. The zero-order valence-corrected chi connectivity index (χ0v) is 11.5. The first-order valence-corrected chi connectivity index (χ1v) is 6.95. The first-order chi connectivity index (χ1) is 9.19. The number of nitrogens with zero attached hydrogens (tertiary/aromatic N) is 2. The standard InChI is InChI=1S/C15H22N4/c1-12-4-7-19(8-5-12)9-6-18-15-10-13(11-16)2-3-14(15)17/h2-3,10,12,18H,4-9,17H2,1H3. The third kappa shape index (κ3) is 3.87. The van der Waals surface area contributed by atoms with Crippen molar-refractivity contribution in [1.82, 2.24) is 4.90 Å². The monoisotopic (exact) mass is 258 g/mol. The summed E-state index contributed by atoms with van der Waals surface area (Å²) in [4.78, 5) is 2.48. The van der Waals surface area contributed by atoms with E-state index in [4.69, 9.17) is 11.0 Å². The third-order valence-corrected chi connectivity index (χ3v) is 3.80. The third-order valence-electron chi connectivity index (χ3n) is 3.80. The molecule has 0 unspecified atom stereocenters. The van der Waals surface area contributed by atoms with Crippen molar-refractivity contribution in [2.45, 2.75) is 19.8 Å². The van der Waals surface area contributed by atoms with E-state index in [0.717, 1.165) is 24.7 Å². The van der Waals surface area contributed by atoms with Crippen molar-refractivity contribution in [2.75, 3.05) is 37.2 Å². The predicted molar refractivity (Wildman–Crippen MR) is 78.9 cm³/mol. The first-order valence-electron chi connectivity index (χ1n) is 6.95. The predicted octanol–water partition coefficient (Wildman–Crippen LogP) is 2.28. The number of anilines is 2. The van der Waals surface area contributed by atoms with Crippen LogP contribution >= 0.6 is 0 Å². The number of nitrogens with one attached hydrogen (secondary N) is 1. The number of piperidine rings is 1. The van der Waals surface area contributed by atoms with Crippen molar-refractivity contribution in [3.63, 3.8) is 0 Å². The van der Waals surface area contributed by atoms with Gasteiger partial charge in [0.25, 0.3) is 0 Å². The summed E-state index contributed by atoms with van der Waals surface area (Å²) in [5.41, 5.74) is 8.10. The minimum absolute atomic E-state index is 0.642. The van der Waals surface area contributed by atoms with Gasteiger partial charge < -0.3 is 16.0 Å². The van der Waals surface area contributed by atoms with Gasteiger partial charge in [0.05, 0.1) is 23.0 Å². The maximum Gasteiger partial charge on any atom is 0.0992 e. The fraction of sp³-hybridized carbons (Fsp3) is 0.533. The van der Waals surface area contributed by atoms with Crippen LogP contribution in [0.15, 0.2) is 18.2 Å². The summed E-state index contributed by atoms with van der Waals surface area (Å²) in [5.74, 6) is 0.868. The maximum absolute atomic E-state index is 8.88. The van der Waals surface area contributed by atoms with Crippen molar-refractivity contribution in [3.05, 3.63) is 23.8 Å². The summed E-state index contributed by atoms with van der Waals surface area (Å²) < 4.78 is 0. The molecule has 102 valence electrons. The molecule has 19 heavy (non-hydrogen) atoms. The van der Waals surface area contributed by atoms with Crippen LogP contribution in [-0.2, 0) is 0 Å². The largest absolute Gasteiger partial charge is 0.397 e. The molecule has 1 fully saturated rings. The normalized spacial score (nSPS) is 17.1.